The number of amides is 2. The first-order chi connectivity index (χ1) is 14.1. The number of rotatable bonds is 6. The van der Waals surface area contributed by atoms with Gasteiger partial charge in [0.25, 0.3) is 5.91 Å². The van der Waals surface area contributed by atoms with Crippen LogP contribution in [-0.2, 0) is 4.79 Å². The van der Waals surface area contributed by atoms with Crippen molar-refractivity contribution >= 4 is 17.9 Å². The molecule has 0 radical (unpaired) electrons. The predicted molar refractivity (Wildman–Crippen MR) is 106 cm³/mol. The molecule has 1 aromatic heterocycles. The van der Waals surface area contributed by atoms with Crippen LogP contribution in [0.1, 0.15) is 16.1 Å². The zero-order valence-corrected chi connectivity index (χ0v) is 16.7. The first kappa shape index (κ1) is 20.3. The second-order valence-electron chi connectivity index (χ2n) is 6.39. The van der Waals surface area contributed by atoms with Crippen LogP contribution in [0.4, 0.5) is 0 Å². The van der Waals surface area contributed by atoms with Gasteiger partial charge in [0.2, 0.25) is 11.7 Å². The summed E-state index contributed by atoms with van der Waals surface area (Å²) in [5, 5.41) is 0. The quantitative estimate of drug-likeness (QED) is 0.692. The third-order valence-electron chi connectivity index (χ3n) is 4.72. The largest absolute Gasteiger partial charge is 0.493 e. The Morgan fingerprint density at radius 2 is 1.59 bits per heavy atom. The Morgan fingerprint density at radius 3 is 2.10 bits per heavy atom. The zero-order valence-electron chi connectivity index (χ0n) is 16.7. The lowest BCUT2D eigenvalue weighted by molar-refractivity contribution is -0.127. The van der Waals surface area contributed by atoms with E-state index in [9.17, 15) is 9.59 Å². The van der Waals surface area contributed by atoms with Crippen molar-refractivity contribution in [1.29, 1.82) is 0 Å². The van der Waals surface area contributed by atoms with Gasteiger partial charge in [-0.05, 0) is 35.9 Å². The number of benzene rings is 1. The number of ether oxygens (including phenoxy) is 3. The highest BCUT2D eigenvalue weighted by molar-refractivity contribution is 5.93. The molecule has 1 aromatic carbocycles. The third kappa shape index (κ3) is 4.53. The van der Waals surface area contributed by atoms with Crippen LogP contribution in [-0.4, -0.2) is 69.1 Å². The second kappa shape index (κ2) is 9.18. The fourth-order valence-electron chi connectivity index (χ4n) is 3.16. The van der Waals surface area contributed by atoms with Gasteiger partial charge in [-0.1, -0.05) is 0 Å². The molecular weight excluding hydrogens is 376 g/mol. The Kier molecular flexibility index (Phi) is 6.43. The van der Waals surface area contributed by atoms with E-state index in [-0.39, 0.29) is 11.8 Å². The molecular formula is C21H24N2O6. The molecule has 1 aliphatic heterocycles. The molecule has 0 N–H and O–H groups in total. The van der Waals surface area contributed by atoms with Gasteiger partial charge in [0.1, 0.15) is 0 Å². The molecule has 1 saturated heterocycles. The van der Waals surface area contributed by atoms with E-state index in [1.165, 1.54) is 19.4 Å². The summed E-state index contributed by atoms with van der Waals surface area (Å²) in [5.41, 5.74) is 0.750. The maximum Gasteiger partial charge on any atom is 0.289 e. The van der Waals surface area contributed by atoms with Crippen LogP contribution in [0.2, 0.25) is 0 Å². The minimum atomic E-state index is -0.157. The van der Waals surface area contributed by atoms with E-state index in [2.05, 4.69) is 0 Å². The van der Waals surface area contributed by atoms with Gasteiger partial charge in [0.15, 0.2) is 17.3 Å². The summed E-state index contributed by atoms with van der Waals surface area (Å²) < 4.78 is 21.1. The Morgan fingerprint density at radius 1 is 0.966 bits per heavy atom. The molecule has 2 aromatic rings. The molecule has 29 heavy (non-hydrogen) atoms. The fraction of sp³-hybridized carbons (Fsp3) is 0.333. The van der Waals surface area contributed by atoms with Crippen LogP contribution >= 0.6 is 0 Å². The first-order valence-electron chi connectivity index (χ1n) is 9.17. The fourth-order valence-corrected chi connectivity index (χ4v) is 3.16. The average molecular weight is 400 g/mol. The maximum atomic E-state index is 12.5. The normalized spacial score (nSPS) is 14.2. The molecule has 0 unspecified atom stereocenters. The summed E-state index contributed by atoms with van der Waals surface area (Å²) >= 11 is 0. The lowest BCUT2D eigenvalue weighted by Gasteiger charge is -2.33. The standard InChI is InChI=1S/C21H24N2O6/c1-26-17-13-15(14-18(27-2)20(17)28-3)6-7-19(24)22-8-10-23(11-9-22)21(25)16-5-4-12-29-16/h4-7,12-14H,8-11H2,1-3H3/b7-6+. The van der Waals surface area contributed by atoms with E-state index in [0.717, 1.165) is 5.56 Å². The molecule has 0 bridgehead atoms. The number of hydrogen-bond acceptors (Lipinski definition) is 6. The van der Waals surface area contributed by atoms with Crippen molar-refractivity contribution in [3.05, 3.63) is 47.9 Å². The van der Waals surface area contributed by atoms with Gasteiger partial charge in [-0.25, -0.2) is 0 Å². The SMILES string of the molecule is COc1cc(/C=C/C(=O)N2CCN(C(=O)c3ccco3)CC2)cc(OC)c1OC. The van der Waals surface area contributed by atoms with E-state index in [1.807, 2.05) is 0 Å². The van der Waals surface area contributed by atoms with Crippen molar-refractivity contribution in [1.82, 2.24) is 9.80 Å². The zero-order chi connectivity index (χ0) is 20.8. The molecule has 0 saturated carbocycles. The van der Waals surface area contributed by atoms with Crippen molar-refractivity contribution in [3.8, 4) is 17.2 Å². The van der Waals surface area contributed by atoms with Gasteiger partial charge in [0, 0.05) is 32.3 Å². The summed E-state index contributed by atoms with van der Waals surface area (Å²) in [7, 11) is 4.62. The van der Waals surface area contributed by atoms with Gasteiger partial charge in [-0.2, -0.15) is 0 Å². The van der Waals surface area contributed by atoms with E-state index in [1.54, 1.807) is 54.4 Å². The van der Waals surface area contributed by atoms with Crippen molar-refractivity contribution in [2.45, 2.75) is 0 Å². The molecule has 3 rings (SSSR count). The van der Waals surface area contributed by atoms with E-state index in [4.69, 9.17) is 18.6 Å². The Bertz CT molecular complexity index is 858. The van der Waals surface area contributed by atoms with Crippen LogP contribution in [0.15, 0.2) is 41.0 Å². The Labute approximate surface area is 169 Å². The monoisotopic (exact) mass is 400 g/mol. The van der Waals surface area contributed by atoms with Crippen molar-refractivity contribution in [3.63, 3.8) is 0 Å². The number of nitrogens with zero attached hydrogens (tertiary/aromatic N) is 2. The van der Waals surface area contributed by atoms with Gasteiger partial charge in [-0.3, -0.25) is 9.59 Å². The van der Waals surface area contributed by atoms with Gasteiger partial charge in [0.05, 0.1) is 27.6 Å². The molecule has 8 nitrogen and oxygen atoms in total. The Hall–Kier alpha value is -3.42. The first-order valence-corrected chi connectivity index (χ1v) is 9.17. The van der Waals surface area contributed by atoms with Crippen molar-refractivity contribution < 1.29 is 28.2 Å². The summed E-state index contributed by atoms with van der Waals surface area (Å²) in [4.78, 5) is 28.2. The molecule has 2 amide bonds. The highest BCUT2D eigenvalue weighted by Gasteiger charge is 2.25. The third-order valence-corrected chi connectivity index (χ3v) is 4.72. The van der Waals surface area contributed by atoms with Crippen molar-refractivity contribution in [2.24, 2.45) is 0 Å². The molecule has 154 valence electrons. The minimum Gasteiger partial charge on any atom is -0.493 e. The van der Waals surface area contributed by atoms with Crippen LogP contribution in [0.25, 0.3) is 6.08 Å². The summed E-state index contributed by atoms with van der Waals surface area (Å²) in [6.45, 7) is 1.85. The lowest BCUT2D eigenvalue weighted by atomic mass is 10.1. The number of carbonyl (C=O) groups is 2. The molecule has 0 atom stereocenters. The highest BCUT2D eigenvalue weighted by Crippen LogP contribution is 2.38. The van der Waals surface area contributed by atoms with Crippen molar-refractivity contribution in [2.75, 3.05) is 47.5 Å². The smallest absolute Gasteiger partial charge is 0.289 e. The molecule has 1 fully saturated rings. The topological polar surface area (TPSA) is 81.5 Å². The molecule has 2 heterocycles. The number of piperazine rings is 1. The number of carbonyl (C=O) groups excluding carboxylic acids is 2. The number of hydrogen-bond donors (Lipinski definition) is 0. The van der Waals surface area contributed by atoms with E-state index in [0.29, 0.717) is 49.2 Å². The van der Waals surface area contributed by atoms with Crippen LogP contribution in [0.5, 0.6) is 17.2 Å². The highest BCUT2D eigenvalue weighted by atomic mass is 16.5. The number of methoxy groups -OCH3 is 3. The van der Waals surface area contributed by atoms with E-state index >= 15 is 0 Å². The molecule has 8 heteroatoms. The average Bonchev–Trinajstić information content (AvgIpc) is 3.31. The van der Waals surface area contributed by atoms with Gasteiger partial charge < -0.3 is 28.4 Å². The van der Waals surface area contributed by atoms with Crippen LogP contribution in [0, 0.1) is 0 Å². The summed E-state index contributed by atoms with van der Waals surface area (Å²) in [5.74, 6) is 1.56. The van der Waals surface area contributed by atoms with Crippen LogP contribution in [0.3, 0.4) is 0 Å². The van der Waals surface area contributed by atoms with Crippen LogP contribution < -0.4 is 14.2 Å². The number of furan rings is 1. The summed E-state index contributed by atoms with van der Waals surface area (Å²) in [6.07, 6.45) is 4.68. The molecule has 0 aliphatic carbocycles. The molecule has 0 spiro atoms. The predicted octanol–water partition coefficient (Wildman–Crippen LogP) is 2.30. The maximum absolute atomic E-state index is 12.5. The van der Waals surface area contributed by atoms with Gasteiger partial charge in [-0.15, -0.1) is 0 Å². The van der Waals surface area contributed by atoms with Gasteiger partial charge >= 0.3 is 0 Å². The Balaban J connectivity index is 1.62. The second-order valence-corrected chi connectivity index (χ2v) is 6.39. The van der Waals surface area contributed by atoms with E-state index < -0.39 is 0 Å². The lowest BCUT2D eigenvalue weighted by Crippen LogP contribution is -2.50. The summed E-state index contributed by atoms with van der Waals surface area (Å²) in [6, 6.07) is 6.86. The molecule has 1 aliphatic rings. The minimum absolute atomic E-state index is 0.121.